The number of rotatable bonds is 3. The molecule has 0 unspecified atom stereocenters. The zero-order chi connectivity index (χ0) is 11.5. The van der Waals surface area contributed by atoms with Crippen LogP contribution in [0.5, 0.6) is 11.6 Å². The quantitative estimate of drug-likeness (QED) is 0.855. The molecule has 4 heteroatoms. The van der Waals surface area contributed by atoms with E-state index < -0.39 is 0 Å². The van der Waals surface area contributed by atoms with Crippen molar-refractivity contribution < 1.29 is 4.74 Å². The van der Waals surface area contributed by atoms with Crippen LogP contribution in [0.25, 0.3) is 0 Å². The molecule has 2 rings (SSSR count). The highest BCUT2D eigenvalue weighted by molar-refractivity contribution is 5.30. The van der Waals surface area contributed by atoms with Crippen LogP contribution < -0.4 is 10.5 Å². The first-order chi connectivity index (χ1) is 7.69. The van der Waals surface area contributed by atoms with Crippen molar-refractivity contribution in [1.82, 2.24) is 9.78 Å². The number of aryl methyl sites for hydroxylation is 2. The van der Waals surface area contributed by atoms with Gasteiger partial charge in [-0.2, -0.15) is 5.10 Å². The number of nitrogens with two attached hydrogens (primary N) is 1. The van der Waals surface area contributed by atoms with Crippen molar-refractivity contribution in [2.75, 3.05) is 0 Å². The molecular formula is C12H15N3O. The van der Waals surface area contributed by atoms with Gasteiger partial charge in [0.25, 0.3) is 0 Å². The van der Waals surface area contributed by atoms with Crippen molar-refractivity contribution in [1.29, 1.82) is 0 Å². The Morgan fingerprint density at radius 3 is 2.50 bits per heavy atom. The minimum Gasteiger partial charge on any atom is -0.439 e. The van der Waals surface area contributed by atoms with Crippen molar-refractivity contribution in [2.24, 2.45) is 12.8 Å². The molecule has 0 saturated heterocycles. The van der Waals surface area contributed by atoms with Crippen LogP contribution in [-0.2, 0) is 13.6 Å². The lowest BCUT2D eigenvalue weighted by atomic mass is 10.2. The van der Waals surface area contributed by atoms with E-state index in [1.807, 2.05) is 44.3 Å². The summed E-state index contributed by atoms with van der Waals surface area (Å²) in [6.07, 6.45) is 0. The van der Waals surface area contributed by atoms with E-state index >= 15 is 0 Å². The largest absolute Gasteiger partial charge is 0.439 e. The first-order valence-electron chi connectivity index (χ1n) is 5.16. The molecule has 2 aromatic rings. The summed E-state index contributed by atoms with van der Waals surface area (Å²) in [5.74, 6) is 1.53. The summed E-state index contributed by atoms with van der Waals surface area (Å²) in [7, 11) is 1.86. The second-order valence-electron chi connectivity index (χ2n) is 3.70. The van der Waals surface area contributed by atoms with Gasteiger partial charge in [0.1, 0.15) is 5.75 Å². The van der Waals surface area contributed by atoms with Gasteiger partial charge in [-0.05, 0) is 24.6 Å². The molecule has 0 atom stereocenters. The Kier molecular flexibility index (Phi) is 2.92. The first kappa shape index (κ1) is 10.7. The smallest absolute Gasteiger partial charge is 0.217 e. The molecule has 2 N–H and O–H groups in total. The summed E-state index contributed by atoms with van der Waals surface area (Å²) in [5.41, 5.74) is 7.56. The van der Waals surface area contributed by atoms with E-state index in [2.05, 4.69) is 5.10 Å². The van der Waals surface area contributed by atoms with Crippen LogP contribution in [0.15, 0.2) is 30.3 Å². The molecule has 0 bridgehead atoms. The molecular weight excluding hydrogens is 202 g/mol. The van der Waals surface area contributed by atoms with Crippen LogP contribution in [0.1, 0.15) is 11.3 Å². The van der Waals surface area contributed by atoms with Gasteiger partial charge in [-0.15, -0.1) is 0 Å². The Morgan fingerprint density at radius 2 is 2.00 bits per heavy atom. The van der Waals surface area contributed by atoms with Crippen molar-refractivity contribution in [3.63, 3.8) is 0 Å². The average Bonchev–Trinajstić information content (AvgIpc) is 2.59. The Balaban J connectivity index is 2.17. The van der Waals surface area contributed by atoms with Crippen LogP contribution >= 0.6 is 0 Å². The van der Waals surface area contributed by atoms with Gasteiger partial charge >= 0.3 is 0 Å². The zero-order valence-corrected chi connectivity index (χ0v) is 9.47. The second-order valence-corrected chi connectivity index (χ2v) is 3.70. The van der Waals surface area contributed by atoms with Gasteiger partial charge in [0, 0.05) is 19.7 Å². The number of nitrogens with zero attached hydrogens (tertiary/aromatic N) is 2. The summed E-state index contributed by atoms with van der Waals surface area (Å²) in [6, 6.07) is 9.63. The number of ether oxygens (including phenoxy) is 1. The van der Waals surface area contributed by atoms with E-state index in [0.717, 1.165) is 22.9 Å². The minimum atomic E-state index is 0.547. The average molecular weight is 217 g/mol. The Morgan fingerprint density at radius 1 is 1.31 bits per heavy atom. The molecule has 0 fully saturated rings. The molecule has 1 heterocycles. The summed E-state index contributed by atoms with van der Waals surface area (Å²) in [5, 5.41) is 4.21. The van der Waals surface area contributed by atoms with Crippen molar-refractivity contribution in [3.05, 3.63) is 41.6 Å². The maximum absolute atomic E-state index is 5.69. The summed E-state index contributed by atoms with van der Waals surface area (Å²) >= 11 is 0. The first-order valence-corrected chi connectivity index (χ1v) is 5.16. The number of aromatic nitrogens is 2. The van der Waals surface area contributed by atoms with Gasteiger partial charge in [0.2, 0.25) is 5.88 Å². The maximum Gasteiger partial charge on any atom is 0.217 e. The molecule has 4 nitrogen and oxygen atoms in total. The third kappa shape index (κ3) is 2.23. The van der Waals surface area contributed by atoms with E-state index in [1.165, 1.54) is 0 Å². The Hall–Kier alpha value is -1.81. The fourth-order valence-corrected chi connectivity index (χ4v) is 1.50. The minimum absolute atomic E-state index is 0.547. The van der Waals surface area contributed by atoms with Crippen LogP contribution in [-0.4, -0.2) is 9.78 Å². The van der Waals surface area contributed by atoms with Gasteiger partial charge in [0.05, 0.1) is 5.69 Å². The van der Waals surface area contributed by atoms with Crippen molar-refractivity contribution >= 4 is 0 Å². The van der Waals surface area contributed by atoms with E-state index in [4.69, 9.17) is 10.5 Å². The lowest BCUT2D eigenvalue weighted by Crippen LogP contribution is -1.97. The van der Waals surface area contributed by atoms with E-state index in [1.54, 1.807) is 4.68 Å². The summed E-state index contributed by atoms with van der Waals surface area (Å²) < 4.78 is 7.40. The highest BCUT2D eigenvalue weighted by Gasteiger charge is 2.03. The van der Waals surface area contributed by atoms with Crippen molar-refractivity contribution in [3.8, 4) is 11.6 Å². The van der Waals surface area contributed by atoms with Crippen molar-refractivity contribution in [2.45, 2.75) is 13.5 Å². The van der Waals surface area contributed by atoms with Gasteiger partial charge in [-0.3, -0.25) is 0 Å². The number of hydrogen-bond acceptors (Lipinski definition) is 3. The maximum atomic E-state index is 5.69. The van der Waals surface area contributed by atoms with Gasteiger partial charge < -0.3 is 10.5 Å². The third-order valence-corrected chi connectivity index (χ3v) is 2.34. The molecule has 1 aromatic heterocycles. The lowest BCUT2D eigenvalue weighted by Gasteiger charge is -2.05. The number of benzene rings is 1. The van der Waals surface area contributed by atoms with Crippen LogP contribution in [0.4, 0.5) is 0 Å². The predicted octanol–water partition coefficient (Wildman–Crippen LogP) is 1.98. The van der Waals surface area contributed by atoms with E-state index in [9.17, 15) is 0 Å². The predicted molar refractivity (Wildman–Crippen MR) is 62.4 cm³/mol. The van der Waals surface area contributed by atoms with Crippen LogP contribution in [0.2, 0.25) is 0 Å². The Labute approximate surface area is 94.6 Å². The topological polar surface area (TPSA) is 53.1 Å². The monoisotopic (exact) mass is 217 g/mol. The molecule has 0 spiro atoms. The second kappa shape index (κ2) is 4.37. The molecule has 0 aliphatic rings. The zero-order valence-electron chi connectivity index (χ0n) is 9.47. The lowest BCUT2D eigenvalue weighted by molar-refractivity contribution is 0.430. The number of hydrogen-bond donors (Lipinski definition) is 1. The third-order valence-electron chi connectivity index (χ3n) is 2.34. The fourth-order valence-electron chi connectivity index (χ4n) is 1.50. The van der Waals surface area contributed by atoms with Gasteiger partial charge in [0.15, 0.2) is 0 Å². The molecule has 0 aliphatic carbocycles. The molecule has 1 aromatic carbocycles. The molecule has 0 amide bonds. The van der Waals surface area contributed by atoms with Crippen LogP contribution in [0.3, 0.4) is 0 Å². The molecule has 16 heavy (non-hydrogen) atoms. The van der Waals surface area contributed by atoms with Gasteiger partial charge in [-0.1, -0.05) is 12.1 Å². The standard InChI is InChI=1S/C12H15N3O/c1-9-7-12(15(2)14-9)16-11-5-3-10(8-13)4-6-11/h3-7H,8,13H2,1-2H3. The fraction of sp³-hybridized carbons (Fsp3) is 0.250. The highest BCUT2D eigenvalue weighted by atomic mass is 16.5. The highest BCUT2D eigenvalue weighted by Crippen LogP contribution is 2.21. The van der Waals surface area contributed by atoms with Crippen LogP contribution in [0, 0.1) is 6.92 Å². The van der Waals surface area contributed by atoms with Gasteiger partial charge in [-0.25, -0.2) is 4.68 Å². The van der Waals surface area contributed by atoms with E-state index in [-0.39, 0.29) is 0 Å². The van der Waals surface area contributed by atoms with E-state index in [0.29, 0.717) is 6.54 Å². The Bertz CT molecular complexity index is 474. The molecule has 0 radical (unpaired) electrons. The summed E-state index contributed by atoms with van der Waals surface area (Å²) in [6.45, 7) is 2.48. The molecule has 0 aliphatic heterocycles. The molecule has 84 valence electrons. The normalized spacial score (nSPS) is 10.4. The molecule has 0 saturated carbocycles. The SMILES string of the molecule is Cc1cc(Oc2ccc(CN)cc2)n(C)n1. The summed E-state index contributed by atoms with van der Waals surface area (Å²) in [4.78, 5) is 0.